The molecule has 2 aromatic carbocycles. The van der Waals surface area contributed by atoms with E-state index in [4.69, 9.17) is 16.6 Å². The summed E-state index contributed by atoms with van der Waals surface area (Å²) in [6.45, 7) is 10.4. The van der Waals surface area contributed by atoms with Crippen LogP contribution in [0.25, 0.3) is 0 Å². The molecule has 0 fully saturated rings. The van der Waals surface area contributed by atoms with Crippen LogP contribution in [-0.4, -0.2) is 49.9 Å². The van der Waals surface area contributed by atoms with E-state index in [1.807, 2.05) is 12.1 Å². The van der Waals surface area contributed by atoms with Gasteiger partial charge in [-0.3, -0.25) is 4.99 Å². The Morgan fingerprint density at radius 2 is 1.81 bits per heavy atom. The minimum atomic E-state index is 0. The van der Waals surface area contributed by atoms with Crippen LogP contribution in [-0.2, 0) is 0 Å². The molecular formula is C21H27Cl2N3. The molecule has 1 heterocycles. The second-order valence-electron chi connectivity index (χ2n) is 6.27. The largest absolute Gasteiger partial charge is 0.368 e. The van der Waals surface area contributed by atoms with E-state index in [-0.39, 0.29) is 12.4 Å². The van der Waals surface area contributed by atoms with Gasteiger partial charge in [-0.25, -0.2) is 0 Å². The average Bonchev–Trinajstić information content (AvgIpc) is 2.82. The lowest BCUT2D eigenvalue weighted by Gasteiger charge is -2.28. The third-order valence-corrected chi connectivity index (χ3v) is 5.06. The zero-order valence-electron chi connectivity index (χ0n) is 15.5. The zero-order chi connectivity index (χ0) is 17.6. The smallest absolute Gasteiger partial charge is 0.0741 e. The highest BCUT2D eigenvalue weighted by Gasteiger charge is 2.20. The first kappa shape index (κ1) is 20.8. The van der Waals surface area contributed by atoms with Gasteiger partial charge in [-0.2, -0.15) is 0 Å². The lowest BCUT2D eigenvalue weighted by atomic mass is 10.00. The first-order chi connectivity index (χ1) is 12.2. The van der Waals surface area contributed by atoms with Gasteiger partial charge in [0.25, 0.3) is 0 Å². The van der Waals surface area contributed by atoms with E-state index in [1.165, 1.54) is 5.69 Å². The molecule has 0 saturated heterocycles. The monoisotopic (exact) mass is 391 g/mol. The Labute approximate surface area is 168 Å². The number of rotatable bonds is 6. The quantitative estimate of drug-likeness (QED) is 0.706. The van der Waals surface area contributed by atoms with Crippen molar-refractivity contribution in [3.63, 3.8) is 0 Å². The number of halogens is 2. The summed E-state index contributed by atoms with van der Waals surface area (Å²) in [6, 6.07) is 16.6. The number of fused-ring (bicyclic) bond motifs is 1. The van der Waals surface area contributed by atoms with Crippen molar-refractivity contribution in [2.24, 2.45) is 4.99 Å². The van der Waals surface area contributed by atoms with Crippen LogP contribution >= 0.6 is 24.0 Å². The van der Waals surface area contributed by atoms with Crippen molar-refractivity contribution in [2.75, 3.05) is 44.2 Å². The van der Waals surface area contributed by atoms with Gasteiger partial charge >= 0.3 is 0 Å². The van der Waals surface area contributed by atoms with Gasteiger partial charge in [-0.05, 0) is 31.3 Å². The van der Waals surface area contributed by atoms with Crippen LogP contribution in [0.4, 0.5) is 5.69 Å². The van der Waals surface area contributed by atoms with Crippen molar-refractivity contribution < 1.29 is 0 Å². The molecule has 1 aliphatic rings. The SMILES string of the molecule is CCN(CC)CCN1CCN=C(c2ccccc2)c2cc(Cl)ccc21.Cl. The van der Waals surface area contributed by atoms with Gasteiger partial charge in [0.1, 0.15) is 0 Å². The summed E-state index contributed by atoms with van der Waals surface area (Å²) >= 11 is 6.32. The topological polar surface area (TPSA) is 18.8 Å². The number of aliphatic imine (C=N–C) groups is 1. The molecule has 3 rings (SSSR count). The molecule has 5 heteroatoms. The highest BCUT2D eigenvalue weighted by Crippen LogP contribution is 2.29. The van der Waals surface area contributed by atoms with E-state index < -0.39 is 0 Å². The molecule has 0 unspecified atom stereocenters. The molecule has 0 radical (unpaired) electrons. The Morgan fingerprint density at radius 3 is 2.50 bits per heavy atom. The standard InChI is InChI=1S/C21H26ClN3.ClH/c1-3-24(4-2)14-15-25-13-12-23-21(17-8-6-5-7-9-17)19-16-18(22)10-11-20(19)25;/h5-11,16H,3-4,12-15H2,1-2H3;1H. The molecule has 0 saturated carbocycles. The van der Waals surface area contributed by atoms with Crippen molar-refractivity contribution in [1.82, 2.24) is 4.90 Å². The molecule has 2 aromatic rings. The van der Waals surface area contributed by atoms with Crippen molar-refractivity contribution in [3.05, 3.63) is 64.7 Å². The Kier molecular flexibility index (Phi) is 7.95. The second kappa shape index (κ2) is 9.96. The zero-order valence-corrected chi connectivity index (χ0v) is 17.1. The van der Waals surface area contributed by atoms with E-state index in [1.54, 1.807) is 0 Å². The number of hydrogen-bond donors (Lipinski definition) is 0. The Balaban J connectivity index is 0.00000243. The molecule has 0 aliphatic carbocycles. The maximum atomic E-state index is 6.32. The normalized spacial score (nSPS) is 13.7. The molecule has 3 nitrogen and oxygen atoms in total. The van der Waals surface area contributed by atoms with Crippen LogP contribution in [0.3, 0.4) is 0 Å². The molecule has 0 aromatic heterocycles. The number of benzodiazepines with no additional fused rings is 1. The molecule has 0 bridgehead atoms. The van der Waals surface area contributed by atoms with E-state index in [0.29, 0.717) is 0 Å². The fourth-order valence-electron chi connectivity index (χ4n) is 3.34. The molecule has 0 N–H and O–H groups in total. The summed E-state index contributed by atoms with van der Waals surface area (Å²) in [6.07, 6.45) is 0. The summed E-state index contributed by atoms with van der Waals surface area (Å²) in [5.74, 6) is 0. The number of likely N-dealkylation sites (N-methyl/N-ethyl adjacent to an activating group) is 1. The molecule has 140 valence electrons. The Hall–Kier alpha value is -1.55. The highest BCUT2D eigenvalue weighted by atomic mass is 35.5. The lowest BCUT2D eigenvalue weighted by Crippen LogP contribution is -2.36. The van der Waals surface area contributed by atoms with Crippen LogP contribution in [0.1, 0.15) is 25.0 Å². The van der Waals surface area contributed by atoms with Gasteiger partial charge in [0.15, 0.2) is 0 Å². The summed E-state index contributed by atoms with van der Waals surface area (Å²) in [4.78, 5) is 9.80. The predicted octanol–water partition coefficient (Wildman–Crippen LogP) is 4.76. The average molecular weight is 392 g/mol. The molecule has 1 aliphatic heterocycles. The summed E-state index contributed by atoms with van der Waals surface area (Å²) in [5, 5.41) is 0.757. The van der Waals surface area contributed by atoms with Crippen molar-refractivity contribution in [1.29, 1.82) is 0 Å². The summed E-state index contributed by atoms with van der Waals surface area (Å²) in [5.41, 5.74) is 4.56. The van der Waals surface area contributed by atoms with E-state index in [0.717, 1.165) is 61.1 Å². The Bertz CT molecular complexity index is 727. The van der Waals surface area contributed by atoms with Gasteiger partial charge in [0, 0.05) is 41.5 Å². The van der Waals surface area contributed by atoms with Gasteiger partial charge in [0.05, 0.1) is 12.3 Å². The van der Waals surface area contributed by atoms with Crippen LogP contribution in [0.15, 0.2) is 53.5 Å². The first-order valence-corrected chi connectivity index (χ1v) is 9.47. The van der Waals surface area contributed by atoms with E-state index >= 15 is 0 Å². The second-order valence-corrected chi connectivity index (χ2v) is 6.71. The lowest BCUT2D eigenvalue weighted by molar-refractivity contribution is 0.309. The molecule has 0 atom stereocenters. The molecule has 26 heavy (non-hydrogen) atoms. The van der Waals surface area contributed by atoms with Gasteiger partial charge in [-0.15, -0.1) is 12.4 Å². The molecular weight excluding hydrogens is 365 g/mol. The first-order valence-electron chi connectivity index (χ1n) is 9.10. The molecule has 0 amide bonds. The third-order valence-electron chi connectivity index (χ3n) is 4.82. The fraction of sp³-hybridized carbons (Fsp3) is 0.381. The minimum absolute atomic E-state index is 0. The number of anilines is 1. The minimum Gasteiger partial charge on any atom is -0.368 e. The van der Waals surface area contributed by atoms with Crippen molar-refractivity contribution >= 4 is 35.4 Å². The number of hydrogen-bond acceptors (Lipinski definition) is 3. The molecule has 0 spiro atoms. The van der Waals surface area contributed by atoms with Crippen LogP contribution in [0.2, 0.25) is 5.02 Å². The highest BCUT2D eigenvalue weighted by molar-refractivity contribution is 6.31. The number of nitrogens with zero attached hydrogens (tertiary/aromatic N) is 3. The predicted molar refractivity (Wildman–Crippen MR) is 116 cm³/mol. The van der Waals surface area contributed by atoms with Gasteiger partial charge in [0.2, 0.25) is 0 Å². The van der Waals surface area contributed by atoms with Crippen LogP contribution in [0, 0.1) is 0 Å². The Morgan fingerprint density at radius 1 is 1.08 bits per heavy atom. The van der Waals surface area contributed by atoms with Crippen LogP contribution in [0.5, 0.6) is 0 Å². The van der Waals surface area contributed by atoms with Gasteiger partial charge < -0.3 is 9.80 Å². The summed E-state index contributed by atoms with van der Waals surface area (Å²) < 4.78 is 0. The maximum Gasteiger partial charge on any atom is 0.0741 e. The van der Waals surface area contributed by atoms with Crippen LogP contribution < -0.4 is 4.90 Å². The van der Waals surface area contributed by atoms with Gasteiger partial charge in [-0.1, -0.05) is 55.8 Å². The fourth-order valence-corrected chi connectivity index (χ4v) is 3.51. The number of benzene rings is 2. The van der Waals surface area contributed by atoms with E-state index in [2.05, 4.69) is 60.0 Å². The maximum absolute atomic E-state index is 6.32. The summed E-state index contributed by atoms with van der Waals surface area (Å²) in [7, 11) is 0. The third kappa shape index (κ3) is 4.79. The van der Waals surface area contributed by atoms with Crippen molar-refractivity contribution in [3.8, 4) is 0 Å². The van der Waals surface area contributed by atoms with E-state index in [9.17, 15) is 0 Å². The van der Waals surface area contributed by atoms with Crippen molar-refractivity contribution in [2.45, 2.75) is 13.8 Å².